The molecule has 0 unspecified atom stereocenters. The number of carbonyl (C=O) groups is 1. The molecule has 1 saturated heterocycles. The SMILES string of the molecule is CCOC(=O)[C@@H]1CCCN(Cn2ncn(-c3ccccc3C)c2=S)C1. The topological polar surface area (TPSA) is 52.3 Å². The van der Waals surface area contributed by atoms with Gasteiger partial charge in [-0.25, -0.2) is 4.68 Å². The van der Waals surface area contributed by atoms with E-state index in [-0.39, 0.29) is 11.9 Å². The number of nitrogens with zero attached hydrogens (tertiary/aromatic N) is 4. The van der Waals surface area contributed by atoms with E-state index in [2.05, 4.69) is 23.0 Å². The lowest BCUT2D eigenvalue weighted by atomic mass is 9.99. The molecule has 1 aromatic carbocycles. The number of rotatable bonds is 5. The number of piperidine rings is 1. The number of esters is 1. The summed E-state index contributed by atoms with van der Waals surface area (Å²) in [6.45, 7) is 6.56. The maximum Gasteiger partial charge on any atom is 0.310 e. The first-order chi connectivity index (χ1) is 12.1. The van der Waals surface area contributed by atoms with Crippen LogP contribution in [0, 0.1) is 17.6 Å². The van der Waals surface area contributed by atoms with Crippen LogP contribution in [0.1, 0.15) is 25.3 Å². The van der Waals surface area contributed by atoms with Gasteiger partial charge < -0.3 is 4.74 Å². The highest BCUT2D eigenvalue weighted by Crippen LogP contribution is 2.19. The highest BCUT2D eigenvalue weighted by Gasteiger charge is 2.27. The van der Waals surface area contributed by atoms with Crippen LogP contribution in [0.15, 0.2) is 30.6 Å². The van der Waals surface area contributed by atoms with Crippen LogP contribution in [0.5, 0.6) is 0 Å². The molecule has 2 aromatic rings. The number of hydrogen-bond acceptors (Lipinski definition) is 5. The summed E-state index contributed by atoms with van der Waals surface area (Å²) < 4.78 is 9.57. The number of hydrogen-bond donors (Lipinski definition) is 0. The molecule has 6 nitrogen and oxygen atoms in total. The number of para-hydroxylation sites is 1. The van der Waals surface area contributed by atoms with Crippen LogP contribution in [-0.4, -0.2) is 44.9 Å². The summed E-state index contributed by atoms with van der Waals surface area (Å²) in [6, 6.07) is 8.10. The zero-order valence-electron chi connectivity index (χ0n) is 14.7. The maximum absolute atomic E-state index is 12.0. The van der Waals surface area contributed by atoms with Gasteiger partial charge in [0.15, 0.2) is 0 Å². The first-order valence-electron chi connectivity index (χ1n) is 8.69. The van der Waals surface area contributed by atoms with Gasteiger partial charge in [-0.3, -0.25) is 14.3 Å². The van der Waals surface area contributed by atoms with E-state index in [1.165, 1.54) is 0 Å². The van der Waals surface area contributed by atoms with Gasteiger partial charge in [0.25, 0.3) is 0 Å². The van der Waals surface area contributed by atoms with Crippen LogP contribution in [0.3, 0.4) is 0 Å². The third-order valence-corrected chi connectivity index (χ3v) is 4.98. The summed E-state index contributed by atoms with van der Waals surface area (Å²) in [4.78, 5) is 14.2. The van der Waals surface area contributed by atoms with Crippen molar-refractivity contribution in [1.29, 1.82) is 0 Å². The molecule has 2 heterocycles. The predicted octanol–water partition coefficient (Wildman–Crippen LogP) is 2.94. The summed E-state index contributed by atoms with van der Waals surface area (Å²) >= 11 is 5.60. The van der Waals surface area contributed by atoms with E-state index in [1.54, 1.807) is 6.33 Å². The summed E-state index contributed by atoms with van der Waals surface area (Å²) in [6.07, 6.45) is 3.63. The molecule has 0 spiro atoms. The quantitative estimate of drug-likeness (QED) is 0.606. The lowest BCUT2D eigenvalue weighted by Gasteiger charge is -2.31. The highest BCUT2D eigenvalue weighted by atomic mass is 32.1. The summed E-state index contributed by atoms with van der Waals surface area (Å²) in [5.41, 5.74) is 2.19. The molecule has 1 fully saturated rings. The van der Waals surface area contributed by atoms with Gasteiger partial charge in [-0.2, -0.15) is 5.10 Å². The summed E-state index contributed by atoms with van der Waals surface area (Å²) in [7, 11) is 0. The van der Waals surface area contributed by atoms with E-state index in [0.717, 1.165) is 30.6 Å². The Hall–Kier alpha value is -1.99. The molecule has 0 radical (unpaired) electrons. The van der Waals surface area contributed by atoms with Gasteiger partial charge in [0.1, 0.15) is 6.33 Å². The van der Waals surface area contributed by atoms with Crippen molar-refractivity contribution in [2.45, 2.75) is 33.4 Å². The normalized spacial score (nSPS) is 18.2. The average Bonchev–Trinajstić information content (AvgIpc) is 2.96. The third-order valence-electron chi connectivity index (χ3n) is 4.57. The smallest absolute Gasteiger partial charge is 0.310 e. The zero-order chi connectivity index (χ0) is 17.8. The lowest BCUT2D eigenvalue weighted by molar-refractivity contribution is -0.150. The van der Waals surface area contributed by atoms with Crippen molar-refractivity contribution in [3.05, 3.63) is 40.9 Å². The Labute approximate surface area is 153 Å². The van der Waals surface area contributed by atoms with Crippen molar-refractivity contribution in [1.82, 2.24) is 19.2 Å². The van der Waals surface area contributed by atoms with E-state index in [4.69, 9.17) is 17.0 Å². The van der Waals surface area contributed by atoms with Crippen LogP contribution < -0.4 is 0 Å². The number of aromatic nitrogens is 3. The molecule has 1 atom stereocenters. The molecular formula is C18H24N4O2S. The molecule has 7 heteroatoms. The van der Waals surface area contributed by atoms with Crippen LogP contribution in [0.25, 0.3) is 5.69 Å². The van der Waals surface area contributed by atoms with Gasteiger partial charge in [-0.05, 0) is 57.1 Å². The molecule has 1 aliphatic rings. The van der Waals surface area contributed by atoms with E-state index >= 15 is 0 Å². The molecule has 0 aliphatic carbocycles. The Balaban J connectivity index is 1.73. The van der Waals surface area contributed by atoms with E-state index in [0.29, 0.717) is 24.6 Å². The fourth-order valence-corrected chi connectivity index (χ4v) is 3.51. The van der Waals surface area contributed by atoms with Gasteiger partial charge >= 0.3 is 5.97 Å². The molecule has 1 aromatic heterocycles. The minimum absolute atomic E-state index is 0.0543. The molecule has 0 amide bonds. The second-order valence-electron chi connectivity index (χ2n) is 6.38. The van der Waals surface area contributed by atoms with Crippen LogP contribution in [-0.2, 0) is 16.2 Å². The first kappa shape index (κ1) is 17.8. The van der Waals surface area contributed by atoms with Crippen molar-refractivity contribution >= 4 is 18.2 Å². The monoisotopic (exact) mass is 360 g/mol. The van der Waals surface area contributed by atoms with Gasteiger partial charge in [0.2, 0.25) is 4.77 Å². The Morgan fingerprint density at radius 2 is 2.20 bits per heavy atom. The minimum atomic E-state index is -0.0961. The molecule has 1 aliphatic heterocycles. The predicted molar refractivity (Wildman–Crippen MR) is 98.1 cm³/mol. The van der Waals surface area contributed by atoms with Crippen molar-refractivity contribution in [3.63, 3.8) is 0 Å². The number of aryl methyl sites for hydroxylation is 1. The Morgan fingerprint density at radius 3 is 2.96 bits per heavy atom. The van der Waals surface area contributed by atoms with Crippen LogP contribution >= 0.6 is 12.2 Å². The first-order valence-corrected chi connectivity index (χ1v) is 9.10. The van der Waals surface area contributed by atoms with E-state index < -0.39 is 0 Å². The molecule has 25 heavy (non-hydrogen) atoms. The zero-order valence-corrected chi connectivity index (χ0v) is 15.5. The van der Waals surface area contributed by atoms with Gasteiger partial charge in [0, 0.05) is 6.54 Å². The van der Waals surface area contributed by atoms with E-state index in [1.807, 2.05) is 34.4 Å². The van der Waals surface area contributed by atoms with Crippen molar-refractivity contribution in [2.75, 3.05) is 19.7 Å². The molecule has 0 saturated carbocycles. The van der Waals surface area contributed by atoms with Crippen molar-refractivity contribution in [2.24, 2.45) is 5.92 Å². The highest BCUT2D eigenvalue weighted by molar-refractivity contribution is 7.71. The van der Waals surface area contributed by atoms with Gasteiger partial charge in [-0.1, -0.05) is 18.2 Å². The van der Waals surface area contributed by atoms with Gasteiger partial charge in [0.05, 0.1) is 24.9 Å². The fraction of sp³-hybridized carbons (Fsp3) is 0.500. The second-order valence-corrected chi connectivity index (χ2v) is 6.74. The molecular weight excluding hydrogens is 336 g/mol. The molecule has 0 bridgehead atoms. The largest absolute Gasteiger partial charge is 0.466 e. The van der Waals surface area contributed by atoms with Crippen molar-refractivity contribution in [3.8, 4) is 5.69 Å². The lowest BCUT2D eigenvalue weighted by Crippen LogP contribution is -2.40. The van der Waals surface area contributed by atoms with Crippen LogP contribution in [0.4, 0.5) is 0 Å². The average molecular weight is 360 g/mol. The van der Waals surface area contributed by atoms with Crippen LogP contribution in [0.2, 0.25) is 0 Å². The van der Waals surface area contributed by atoms with Crippen molar-refractivity contribution < 1.29 is 9.53 Å². The Kier molecular flexibility index (Phi) is 5.65. The minimum Gasteiger partial charge on any atom is -0.466 e. The maximum atomic E-state index is 12.0. The standard InChI is InChI=1S/C18H24N4O2S/c1-3-24-17(23)15-8-6-10-20(11-15)13-22-18(25)21(12-19-22)16-9-5-4-7-14(16)2/h4-5,7,9,12,15H,3,6,8,10-11,13H2,1-2H3/t15-/m1/s1. The van der Waals surface area contributed by atoms with E-state index in [9.17, 15) is 4.79 Å². The summed E-state index contributed by atoms with van der Waals surface area (Å²) in [5.74, 6) is -0.150. The third kappa shape index (κ3) is 3.99. The second kappa shape index (κ2) is 7.93. The number of likely N-dealkylation sites (tertiary alicyclic amines) is 1. The van der Waals surface area contributed by atoms with Gasteiger partial charge in [-0.15, -0.1) is 0 Å². The number of carbonyl (C=O) groups excluding carboxylic acids is 1. The number of ether oxygens (including phenoxy) is 1. The number of benzene rings is 1. The Bertz CT molecular complexity index is 798. The fourth-order valence-electron chi connectivity index (χ4n) is 3.26. The summed E-state index contributed by atoms with van der Waals surface area (Å²) in [5, 5.41) is 4.45. The Morgan fingerprint density at radius 1 is 1.40 bits per heavy atom. The molecule has 3 rings (SSSR count). The molecule has 0 N–H and O–H groups in total. The molecule has 134 valence electrons.